The highest BCUT2D eigenvalue weighted by molar-refractivity contribution is 5.56. The fourth-order valence-electron chi connectivity index (χ4n) is 2.70. The van der Waals surface area contributed by atoms with Crippen LogP contribution in [-0.2, 0) is 11.7 Å². The predicted molar refractivity (Wildman–Crippen MR) is 66.8 cm³/mol. The van der Waals surface area contributed by atoms with Crippen molar-refractivity contribution in [3.8, 4) is 11.5 Å². The van der Waals surface area contributed by atoms with Crippen LogP contribution in [0.3, 0.4) is 0 Å². The molecule has 6 heteroatoms. The molecule has 2 aliphatic rings. The molecule has 0 spiro atoms. The summed E-state index contributed by atoms with van der Waals surface area (Å²) >= 11 is 0. The lowest BCUT2D eigenvalue weighted by Gasteiger charge is -2.39. The fraction of sp³-hybridized carbons (Fsp3) is 0.571. The Labute approximate surface area is 114 Å². The minimum absolute atomic E-state index is 0.180. The second-order valence-corrected chi connectivity index (χ2v) is 5.38. The lowest BCUT2D eigenvalue weighted by atomic mass is 9.72. The van der Waals surface area contributed by atoms with E-state index in [0.29, 0.717) is 18.6 Å². The highest BCUT2D eigenvalue weighted by Gasteiger charge is 2.42. The average Bonchev–Trinajstić information content (AvgIpc) is 2.58. The van der Waals surface area contributed by atoms with Crippen molar-refractivity contribution < 1.29 is 22.6 Å². The first kappa shape index (κ1) is 13.5. The van der Waals surface area contributed by atoms with Crippen LogP contribution in [-0.4, -0.2) is 13.2 Å². The summed E-state index contributed by atoms with van der Waals surface area (Å²) in [6.07, 6.45) is -1.41. The number of nitrogens with two attached hydrogens (primary N) is 1. The number of alkyl halides is 3. The zero-order valence-corrected chi connectivity index (χ0v) is 10.9. The van der Waals surface area contributed by atoms with E-state index in [9.17, 15) is 13.2 Å². The number of halogens is 3. The van der Waals surface area contributed by atoms with Crippen molar-refractivity contribution in [2.45, 2.75) is 37.4 Å². The van der Waals surface area contributed by atoms with E-state index < -0.39 is 17.3 Å². The lowest BCUT2D eigenvalue weighted by molar-refractivity contribution is -0.139. The smallest absolute Gasteiger partial charge is 0.420 e. The van der Waals surface area contributed by atoms with Gasteiger partial charge in [-0.25, -0.2) is 0 Å². The number of rotatable bonds is 1. The number of benzene rings is 1. The first-order valence-corrected chi connectivity index (χ1v) is 6.71. The van der Waals surface area contributed by atoms with Gasteiger partial charge in [0.25, 0.3) is 0 Å². The van der Waals surface area contributed by atoms with E-state index in [1.807, 2.05) is 0 Å². The van der Waals surface area contributed by atoms with Crippen molar-refractivity contribution in [1.82, 2.24) is 0 Å². The molecular formula is C14H16F3NO2. The van der Waals surface area contributed by atoms with Gasteiger partial charge in [-0.3, -0.25) is 0 Å². The summed E-state index contributed by atoms with van der Waals surface area (Å²) in [6.45, 7) is 0.564. The van der Waals surface area contributed by atoms with Gasteiger partial charge in [-0.05, 0) is 25.3 Å². The Hall–Kier alpha value is -1.43. The summed E-state index contributed by atoms with van der Waals surface area (Å²) in [5, 5.41) is 0. The molecule has 3 rings (SSSR count). The molecule has 1 aliphatic heterocycles. The molecule has 110 valence electrons. The van der Waals surface area contributed by atoms with Crippen molar-refractivity contribution in [3.05, 3.63) is 23.3 Å². The van der Waals surface area contributed by atoms with Gasteiger partial charge >= 0.3 is 6.18 Å². The molecule has 1 fully saturated rings. The number of hydrogen-bond donors (Lipinski definition) is 1. The van der Waals surface area contributed by atoms with Gasteiger partial charge in [0.1, 0.15) is 5.56 Å². The van der Waals surface area contributed by atoms with Crippen LogP contribution in [0.15, 0.2) is 12.1 Å². The first-order chi connectivity index (χ1) is 9.42. The van der Waals surface area contributed by atoms with Crippen LogP contribution in [0.5, 0.6) is 11.5 Å². The Kier molecular flexibility index (Phi) is 3.08. The molecule has 2 N–H and O–H groups in total. The van der Waals surface area contributed by atoms with Crippen LogP contribution in [0.2, 0.25) is 0 Å². The third kappa shape index (κ3) is 2.12. The zero-order chi connectivity index (χ0) is 14.4. The summed E-state index contributed by atoms with van der Waals surface area (Å²) in [7, 11) is 0. The normalized spacial score (nSPS) is 21.0. The van der Waals surface area contributed by atoms with Crippen molar-refractivity contribution in [3.63, 3.8) is 0 Å². The van der Waals surface area contributed by atoms with E-state index in [0.717, 1.165) is 25.3 Å². The van der Waals surface area contributed by atoms with Crippen LogP contribution >= 0.6 is 0 Å². The van der Waals surface area contributed by atoms with Crippen LogP contribution in [0.1, 0.15) is 36.8 Å². The largest absolute Gasteiger partial charge is 0.489 e. The quantitative estimate of drug-likeness (QED) is 0.862. The van der Waals surface area contributed by atoms with E-state index >= 15 is 0 Å². The second-order valence-electron chi connectivity index (χ2n) is 5.38. The summed E-state index contributed by atoms with van der Waals surface area (Å²) in [4.78, 5) is 0. The Morgan fingerprint density at radius 2 is 1.65 bits per heavy atom. The number of ether oxygens (including phenoxy) is 2. The zero-order valence-electron chi connectivity index (χ0n) is 10.9. The summed E-state index contributed by atoms with van der Waals surface area (Å²) in [5.74, 6) is -0.0243. The Bertz CT molecular complexity index is 524. The van der Waals surface area contributed by atoms with E-state index in [2.05, 4.69) is 0 Å². The van der Waals surface area contributed by atoms with E-state index in [1.165, 1.54) is 6.07 Å². The molecule has 0 atom stereocenters. The molecule has 1 aliphatic carbocycles. The van der Waals surface area contributed by atoms with Gasteiger partial charge in [-0.15, -0.1) is 0 Å². The van der Waals surface area contributed by atoms with Crippen molar-refractivity contribution >= 4 is 0 Å². The SMILES string of the molecule is NC1(c2ccc(C(F)(F)F)c3c2OCCCO3)CCC1. The maximum atomic E-state index is 13.1. The van der Waals surface area contributed by atoms with Gasteiger partial charge in [0.15, 0.2) is 11.5 Å². The summed E-state index contributed by atoms with van der Waals surface area (Å²) < 4.78 is 50.0. The standard InChI is InChI=1S/C14H16F3NO2/c15-14(16,17)10-4-3-9(13(18)5-1-6-13)11-12(10)20-8-2-7-19-11/h3-4H,1-2,5-8,18H2. The number of fused-ring (bicyclic) bond motifs is 1. The highest BCUT2D eigenvalue weighted by Crippen LogP contribution is 2.50. The molecule has 1 heterocycles. The van der Waals surface area contributed by atoms with Crippen LogP contribution < -0.4 is 15.2 Å². The van der Waals surface area contributed by atoms with Crippen molar-refractivity contribution in [2.24, 2.45) is 5.73 Å². The van der Waals surface area contributed by atoms with Crippen molar-refractivity contribution in [1.29, 1.82) is 0 Å². The third-order valence-corrected chi connectivity index (χ3v) is 3.98. The molecule has 0 bridgehead atoms. The third-order valence-electron chi connectivity index (χ3n) is 3.98. The van der Waals surface area contributed by atoms with Gasteiger partial charge < -0.3 is 15.2 Å². The Balaban J connectivity index is 2.15. The van der Waals surface area contributed by atoms with Gasteiger partial charge in [0.2, 0.25) is 0 Å². The average molecular weight is 287 g/mol. The minimum Gasteiger partial charge on any atom is -0.489 e. The monoisotopic (exact) mass is 287 g/mol. The van der Waals surface area contributed by atoms with E-state index in [1.54, 1.807) is 0 Å². The highest BCUT2D eigenvalue weighted by atomic mass is 19.4. The molecule has 1 aromatic carbocycles. The molecule has 3 nitrogen and oxygen atoms in total. The van der Waals surface area contributed by atoms with E-state index in [4.69, 9.17) is 15.2 Å². The molecule has 0 aromatic heterocycles. The van der Waals surface area contributed by atoms with Crippen LogP contribution in [0.4, 0.5) is 13.2 Å². The minimum atomic E-state index is -4.46. The van der Waals surface area contributed by atoms with Crippen molar-refractivity contribution in [2.75, 3.05) is 13.2 Å². The fourth-order valence-corrected chi connectivity index (χ4v) is 2.70. The molecular weight excluding hydrogens is 271 g/mol. The summed E-state index contributed by atoms with van der Waals surface area (Å²) in [5.41, 5.74) is 5.50. The predicted octanol–water partition coefficient (Wildman–Crippen LogP) is 3.20. The molecule has 1 saturated carbocycles. The topological polar surface area (TPSA) is 44.5 Å². The van der Waals surface area contributed by atoms with Gasteiger partial charge in [-0.1, -0.05) is 6.07 Å². The second kappa shape index (κ2) is 4.55. The molecule has 0 radical (unpaired) electrons. The van der Waals surface area contributed by atoms with Crippen LogP contribution in [0, 0.1) is 0 Å². The van der Waals surface area contributed by atoms with Gasteiger partial charge in [0, 0.05) is 17.5 Å². The molecule has 1 aromatic rings. The molecule has 0 saturated heterocycles. The van der Waals surface area contributed by atoms with Gasteiger partial charge in [0.05, 0.1) is 13.2 Å². The summed E-state index contributed by atoms with van der Waals surface area (Å²) in [6, 6.07) is 2.49. The lowest BCUT2D eigenvalue weighted by Crippen LogP contribution is -2.43. The Morgan fingerprint density at radius 1 is 1.00 bits per heavy atom. The van der Waals surface area contributed by atoms with Gasteiger partial charge in [-0.2, -0.15) is 13.2 Å². The maximum absolute atomic E-state index is 13.1. The number of hydrogen-bond acceptors (Lipinski definition) is 3. The molecule has 0 unspecified atom stereocenters. The molecule has 20 heavy (non-hydrogen) atoms. The first-order valence-electron chi connectivity index (χ1n) is 6.71. The van der Waals surface area contributed by atoms with E-state index in [-0.39, 0.29) is 18.1 Å². The maximum Gasteiger partial charge on any atom is 0.420 e. The molecule has 0 amide bonds. The Morgan fingerprint density at radius 3 is 2.20 bits per heavy atom. The van der Waals surface area contributed by atoms with Crippen LogP contribution in [0.25, 0.3) is 0 Å².